The highest BCUT2D eigenvalue weighted by atomic mass is 32.2. The molecule has 1 aromatic rings. The van der Waals surface area contributed by atoms with Crippen LogP contribution in [0.25, 0.3) is 0 Å². The molecule has 0 saturated carbocycles. The van der Waals surface area contributed by atoms with Gasteiger partial charge in [-0.05, 0) is 42.1 Å². The van der Waals surface area contributed by atoms with E-state index in [1.807, 2.05) is 38.1 Å². The molecule has 184 valence electrons. The van der Waals surface area contributed by atoms with Crippen molar-refractivity contribution in [3.63, 3.8) is 0 Å². The van der Waals surface area contributed by atoms with Gasteiger partial charge in [0.1, 0.15) is 12.5 Å². The van der Waals surface area contributed by atoms with E-state index in [4.69, 9.17) is 9.47 Å². The van der Waals surface area contributed by atoms with Gasteiger partial charge in [0.2, 0.25) is 0 Å². The van der Waals surface area contributed by atoms with Crippen molar-refractivity contribution in [3.05, 3.63) is 57.9 Å². The minimum atomic E-state index is -0.889. The Morgan fingerprint density at radius 1 is 1.21 bits per heavy atom. The number of carbonyl (C=O) groups excluding carboxylic acids is 3. The fourth-order valence-electron chi connectivity index (χ4n) is 4.77. The van der Waals surface area contributed by atoms with Gasteiger partial charge in [0, 0.05) is 28.6 Å². The van der Waals surface area contributed by atoms with Crippen molar-refractivity contribution in [2.24, 2.45) is 11.8 Å². The van der Waals surface area contributed by atoms with Crippen LogP contribution < -0.4 is 5.32 Å². The molecule has 3 atom stereocenters. The summed E-state index contributed by atoms with van der Waals surface area (Å²) in [4.78, 5) is 39.5. The minimum absolute atomic E-state index is 0.206. The lowest BCUT2D eigenvalue weighted by molar-refractivity contribution is -0.151. The molecule has 1 aliphatic heterocycles. The fraction of sp³-hybridized carbons (Fsp3) is 0.519. The number of thioether (sulfide) groups is 1. The molecule has 1 N–H and O–H groups in total. The van der Waals surface area contributed by atoms with Crippen molar-refractivity contribution < 1.29 is 23.9 Å². The Bertz CT molecular complexity index is 1010. The number of benzene rings is 1. The van der Waals surface area contributed by atoms with E-state index in [9.17, 15) is 14.4 Å². The Balaban J connectivity index is 2.08. The van der Waals surface area contributed by atoms with Crippen molar-refractivity contribution in [1.29, 1.82) is 0 Å². The number of dihydropyridines is 1. The number of ketones is 1. The van der Waals surface area contributed by atoms with E-state index in [0.717, 1.165) is 17.0 Å². The van der Waals surface area contributed by atoms with Crippen LogP contribution in [0.2, 0.25) is 0 Å². The monoisotopic (exact) mass is 485 g/mol. The molecule has 2 aliphatic rings. The average Bonchev–Trinajstić information content (AvgIpc) is 2.80. The van der Waals surface area contributed by atoms with E-state index >= 15 is 0 Å². The van der Waals surface area contributed by atoms with Crippen LogP contribution in [0.4, 0.5) is 0 Å². The second-order valence-electron chi connectivity index (χ2n) is 9.19. The summed E-state index contributed by atoms with van der Waals surface area (Å²) in [6, 6.07) is 8.02. The van der Waals surface area contributed by atoms with E-state index < -0.39 is 23.8 Å². The molecule has 1 heterocycles. The fourth-order valence-corrected chi connectivity index (χ4v) is 5.26. The number of rotatable bonds is 8. The molecule has 0 unspecified atom stereocenters. The number of Topliss-reactive ketones (excluding diaryl/α,β-unsaturated/α-hetero) is 1. The summed E-state index contributed by atoms with van der Waals surface area (Å²) in [5.41, 5.74) is 4.34. The number of hydrogen-bond donors (Lipinski definition) is 1. The third-order valence-corrected chi connectivity index (χ3v) is 7.43. The Morgan fingerprint density at radius 2 is 1.88 bits per heavy atom. The van der Waals surface area contributed by atoms with Gasteiger partial charge in [-0.3, -0.25) is 9.59 Å². The van der Waals surface area contributed by atoms with Crippen molar-refractivity contribution in [1.82, 2.24) is 5.32 Å². The first kappa shape index (κ1) is 26.1. The predicted octanol–water partition coefficient (Wildman–Crippen LogP) is 4.72. The topological polar surface area (TPSA) is 81.7 Å². The minimum Gasteiger partial charge on any atom is -0.468 e. The van der Waals surface area contributed by atoms with Gasteiger partial charge in [-0.25, -0.2) is 4.79 Å². The number of allylic oxidation sites excluding steroid dienone is 3. The van der Waals surface area contributed by atoms with E-state index in [0.29, 0.717) is 41.5 Å². The first-order valence-electron chi connectivity index (χ1n) is 11.9. The van der Waals surface area contributed by atoms with E-state index in [-0.39, 0.29) is 11.7 Å². The van der Waals surface area contributed by atoms with Gasteiger partial charge in [-0.15, -0.1) is 0 Å². The van der Waals surface area contributed by atoms with E-state index in [1.165, 1.54) is 12.7 Å². The first-order valence-corrected chi connectivity index (χ1v) is 13.0. The van der Waals surface area contributed by atoms with Crippen LogP contribution in [0.5, 0.6) is 0 Å². The molecule has 34 heavy (non-hydrogen) atoms. The lowest BCUT2D eigenvalue weighted by Crippen LogP contribution is -2.43. The Hall–Kier alpha value is -2.54. The molecule has 7 heteroatoms. The van der Waals surface area contributed by atoms with Crippen LogP contribution in [-0.2, 0) is 23.9 Å². The number of methoxy groups -OCH3 is 1. The van der Waals surface area contributed by atoms with Gasteiger partial charge in [0.15, 0.2) is 5.78 Å². The van der Waals surface area contributed by atoms with Crippen LogP contribution in [0.1, 0.15) is 64.0 Å². The maximum Gasteiger partial charge on any atom is 0.336 e. The smallest absolute Gasteiger partial charge is 0.336 e. The van der Waals surface area contributed by atoms with Gasteiger partial charge in [-0.1, -0.05) is 52.0 Å². The van der Waals surface area contributed by atoms with Crippen molar-refractivity contribution >= 4 is 29.5 Å². The van der Waals surface area contributed by atoms with Crippen molar-refractivity contribution in [3.8, 4) is 0 Å². The molecule has 0 amide bonds. The number of hydrogen-bond acceptors (Lipinski definition) is 7. The Labute approximate surface area is 206 Å². The molecule has 3 rings (SSSR count). The summed E-state index contributed by atoms with van der Waals surface area (Å²) in [5.74, 6) is -0.940. The van der Waals surface area contributed by atoms with Crippen LogP contribution in [0.15, 0.2) is 46.8 Å². The zero-order chi connectivity index (χ0) is 25.0. The van der Waals surface area contributed by atoms with Crippen LogP contribution >= 0.6 is 11.8 Å². The van der Waals surface area contributed by atoms with Gasteiger partial charge >= 0.3 is 11.9 Å². The van der Waals surface area contributed by atoms with E-state index in [2.05, 4.69) is 26.1 Å². The highest BCUT2D eigenvalue weighted by Crippen LogP contribution is 2.45. The second kappa shape index (κ2) is 11.3. The third kappa shape index (κ3) is 5.24. The molecule has 0 saturated heterocycles. The molecule has 0 fully saturated rings. The lowest BCUT2D eigenvalue weighted by atomic mass is 9.69. The van der Waals surface area contributed by atoms with E-state index in [1.54, 1.807) is 11.8 Å². The zero-order valence-electron chi connectivity index (χ0n) is 20.9. The second-order valence-corrected chi connectivity index (χ2v) is 10.6. The molecule has 6 nitrogen and oxygen atoms in total. The average molecular weight is 486 g/mol. The number of nitrogens with one attached hydrogen (secondary N) is 1. The highest BCUT2D eigenvalue weighted by molar-refractivity contribution is 7.99. The summed E-state index contributed by atoms with van der Waals surface area (Å²) in [5, 5.41) is 3.30. The van der Waals surface area contributed by atoms with Crippen LogP contribution in [-0.4, -0.2) is 42.9 Å². The Kier molecular flexibility index (Phi) is 8.63. The van der Waals surface area contributed by atoms with Gasteiger partial charge < -0.3 is 14.8 Å². The van der Waals surface area contributed by atoms with Gasteiger partial charge in [-0.2, -0.15) is 11.8 Å². The zero-order valence-corrected chi connectivity index (χ0v) is 21.7. The van der Waals surface area contributed by atoms with Gasteiger partial charge in [0.05, 0.1) is 12.7 Å². The first-order chi connectivity index (χ1) is 16.2. The Morgan fingerprint density at radius 3 is 2.47 bits per heavy atom. The molecule has 0 spiro atoms. The number of carbonyl (C=O) groups is 3. The maximum absolute atomic E-state index is 13.7. The van der Waals surface area contributed by atoms with Crippen molar-refractivity contribution in [2.45, 2.75) is 52.9 Å². The predicted molar refractivity (Wildman–Crippen MR) is 134 cm³/mol. The summed E-state index contributed by atoms with van der Waals surface area (Å²) >= 11 is 1.70. The summed E-state index contributed by atoms with van der Waals surface area (Å²) < 4.78 is 10.6. The highest BCUT2D eigenvalue weighted by Gasteiger charge is 2.47. The van der Waals surface area contributed by atoms with Crippen molar-refractivity contribution in [2.75, 3.05) is 25.2 Å². The SMILES string of the molecule is CCSCCOC(=O)C1=C(C)NC2=C(C(=O)[C@H](C(=O)OC)[C@H](C)C2)[C@@H]1c1ccc(C(C)C)cc1. The largest absolute Gasteiger partial charge is 0.468 e. The maximum atomic E-state index is 13.7. The molecule has 0 aromatic heterocycles. The summed E-state index contributed by atoms with van der Waals surface area (Å²) in [7, 11) is 1.30. The molecule has 1 aliphatic carbocycles. The van der Waals surface area contributed by atoms with Crippen LogP contribution in [0, 0.1) is 11.8 Å². The normalized spacial score (nSPS) is 22.4. The summed E-state index contributed by atoms with van der Waals surface area (Å²) in [6.07, 6.45) is 0.522. The quantitative estimate of drug-likeness (QED) is 0.324. The summed E-state index contributed by atoms with van der Waals surface area (Å²) in [6.45, 7) is 10.3. The number of ether oxygens (including phenoxy) is 2. The van der Waals surface area contributed by atoms with Gasteiger partial charge in [0.25, 0.3) is 0 Å². The third-order valence-electron chi connectivity index (χ3n) is 6.56. The standard InChI is InChI=1S/C27H35NO5S/c1-7-34-13-12-33-27(31)22-17(5)28-20-14-16(4)21(26(30)32-6)25(29)24(20)23(22)19-10-8-18(9-11-19)15(2)3/h8-11,15-16,21,23,28H,7,12-14H2,1-6H3/t16-,21-,23-/m1/s1. The molecular formula is C27H35NO5S. The molecule has 0 radical (unpaired) electrons. The molecular weight excluding hydrogens is 450 g/mol. The van der Waals surface area contributed by atoms with Crippen LogP contribution in [0.3, 0.4) is 0 Å². The molecule has 0 bridgehead atoms. The molecule has 1 aromatic carbocycles. The number of esters is 2. The lowest BCUT2D eigenvalue weighted by Gasteiger charge is -2.38.